The molecule has 6 aromatic rings. The number of carbonyl (C=O) groups is 3. The van der Waals surface area contributed by atoms with Gasteiger partial charge in [-0.1, -0.05) is 83.9 Å². The van der Waals surface area contributed by atoms with Gasteiger partial charge >= 0.3 is 6.09 Å². The van der Waals surface area contributed by atoms with Crippen LogP contribution in [0.3, 0.4) is 0 Å². The molecule has 3 amide bonds. The van der Waals surface area contributed by atoms with Gasteiger partial charge in [-0.2, -0.15) is 5.10 Å². The number of hydrogen-bond donors (Lipinski definition) is 5. The number of aliphatic hydroxyl groups is 3. The summed E-state index contributed by atoms with van der Waals surface area (Å²) in [5.74, 6) is -0.389. The largest absolute Gasteiger partial charge is 0.496 e. The van der Waals surface area contributed by atoms with Gasteiger partial charge in [-0.25, -0.2) is 9.48 Å². The maximum Gasteiger partial charge on any atom is 0.407 e. The molecule has 4 heterocycles. The Morgan fingerprint density at radius 1 is 0.843 bits per heavy atom. The Labute approximate surface area is 412 Å². The molecule has 5 atom stereocenters. The van der Waals surface area contributed by atoms with Gasteiger partial charge in [0.1, 0.15) is 49.1 Å². The first-order valence-corrected chi connectivity index (χ1v) is 23.5. The number of aromatic nitrogens is 2. The average Bonchev–Trinajstić information content (AvgIpc) is 3.90. The highest BCUT2D eigenvalue weighted by atomic mass is 35.5. The topological polar surface area (TPSA) is 203 Å². The molecule has 18 heteroatoms. The number of alkyl carbamates (subject to hydrolysis) is 1. The lowest BCUT2D eigenvalue weighted by Gasteiger charge is -2.41. The first-order chi connectivity index (χ1) is 33.7. The van der Waals surface area contributed by atoms with Gasteiger partial charge in [-0.15, -0.1) is 0 Å². The molecule has 2 fully saturated rings. The van der Waals surface area contributed by atoms with Gasteiger partial charge in [0.05, 0.1) is 37.2 Å². The smallest absolute Gasteiger partial charge is 0.407 e. The van der Waals surface area contributed by atoms with Gasteiger partial charge in [0.25, 0.3) is 11.8 Å². The number of nitrogens with zero attached hydrogens (tertiary/aromatic N) is 3. The number of carbonyl (C=O) groups excluding carboxylic acids is 3. The zero-order chi connectivity index (χ0) is 49.0. The van der Waals surface area contributed by atoms with Crippen LogP contribution < -0.4 is 20.1 Å². The van der Waals surface area contributed by atoms with E-state index < -0.39 is 48.1 Å². The number of methoxy groups -OCH3 is 1. The Morgan fingerprint density at radius 3 is 2.26 bits per heavy atom. The van der Waals surface area contributed by atoms with Crippen molar-refractivity contribution in [1.29, 1.82) is 0 Å². The standard InChI is InChI=1S/C52H49Cl2N5O11/c1-52(2)26-67-16-15-58(52)50(64)43-39-25-68-41-22-40(66-3)36(21-37(41)44(39)59(57-43)31-19-28(53)18-29(54)20-31)27-9-8-10-30(17-27)56-49(63)48-47(62)46(61)45(60)42(70-48)23-55-51(65)69-24-38-34-13-6-4-11-32(34)33-12-5-7-14-35(33)38/h4-14,17-22,38,42,45-48,60-62H,15-16,23-26H2,1-3H3,(H,55,65)(H,56,63)/t42-,45-,46+,47+,48-/m0/s1. The lowest BCUT2D eigenvalue weighted by atomic mass is 9.94. The van der Waals surface area contributed by atoms with Gasteiger partial charge in [0, 0.05) is 57.5 Å². The third-order valence-corrected chi connectivity index (χ3v) is 13.7. The number of aliphatic hydroxyl groups excluding tert-OH is 3. The number of hydrogen-bond acceptors (Lipinski definition) is 12. The summed E-state index contributed by atoms with van der Waals surface area (Å²) in [5, 5.41) is 43.8. The number of anilines is 1. The number of halogens is 2. The second-order valence-corrected chi connectivity index (χ2v) is 19.1. The highest BCUT2D eigenvalue weighted by Gasteiger charge is 2.47. The summed E-state index contributed by atoms with van der Waals surface area (Å²) in [7, 11) is 1.52. The zero-order valence-corrected chi connectivity index (χ0v) is 39.7. The minimum absolute atomic E-state index is 0.0274. The van der Waals surface area contributed by atoms with Crippen LogP contribution in [0.5, 0.6) is 11.5 Å². The van der Waals surface area contributed by atoms with Gasteiger partial charge in [0.15, 0.2) is 11.8 Å². The number of benzene rings is 5. The Balaban J connectivity index is 0.881. The van der Waals surface area contributed by atoms with E-state index in [1.54, 1.807) is 52.0 Å². The normalized spacial score (nSPS) is 21.1. The molecule has 0 saturated carbocycles. The summed E-state index contributed by atoms with van der Waals surface area (Å²) in [4.78, 5) is 43.1. The molecular formula is C52H49Cl2N5O11. The van der Waals surface area contributed by atoms with Crippen molar-refractivity contribution in [1.82, 2.24) is 20.0 Å². The highest BCUT2D eigenvalue weighted by molar-refractivity contribution is 6.34. The fraction of sp³-hybridized carbons (Fsp3) is 0.308. The molecule has 362 valence electrons. The van der Waals surface area contributed by atoms with Crippen LogP contribution in [0.1, 0.15) is 46.9 Å². The summed E-state index contributed by atoms with van der Waals surface area (Å²) in [6.07, 6.45) is -8.98. The molecule has 1 aromatic heterocycles. The van der Waals surface area contributed by atoms with E-state index >= 15 is 0 Å². The summed E-state index contributed by atoms with van der Waals surface area (Å²) in [6.45, 7) is 4.73. The molecule has 1 aliphatic carbocycles. The molecule has 4 aliphatic rings. The van der Waals surface area contributed by atoms with Crippen molar-refractivity contribution in [2.24, 2.45) is 0 Å². The Bertz CT molecular complexity index is 2970. The molecule has 70 heavy (non-hydrogen) atoms. The van der Waals surface area contributed by atoms with Crippen LogP contribution in [-0.2, 0) is 25.6 Å². The monoisotopic (exact) mass is 989 g/mol. The van der Waals surface area contributed by atoms with E-state index in [1.165, 1.54) is 7.11 Å². The van der Waals surface area contributed by atoms with Crippen molar-refractivity contribution in [3.8, 4) is 50.7 Å². The van der Waals surface area contributed by atoms with Crippen molar-refractivity contribution in [3.63, 3.8) is 0 Å². The molecule has 5 N–H and O–H groups in total. The van der Waals surface area contributed by atoms with Crippen LogP contribution in [0.2, 0.25) is 10.0 Å². The van der Waals surface area contributed by atoms with Gasteiger partial charge < -0.3 is 54.5 Å². The lowest BCUT2D eigenvalue weighted by Crippen LogP contribution is -2.62. The summed E-state index contributed by atoms with van der Waals surface area (Å²) in [6, 6.07) is 31.3. The van der Waals surface area contributed by atoms with Crippen LogP contribution in [-0.4, -0.2) is 124 Å². The maximum atomic E-state index is 14.4. The minimum atomic E-state index is -1.82. The Morgan fingerprint density at radius 2 is 1.56 bits per heavy atom. The van der Waals surface area contributed by atoms with E-state index in [-0.39, 0.29) is 37.3 Å². The summed E-state index contributed by atoms with van der Waals surface area (Å²) >= 11 is 13.0. The van der Waals surface area contributed by atoms with E-state index in [1.807, 2.05) is 74.5 Å². The van der Waals surface area contributed by atoms with Gasteiger partial charge in [0.2, 0.25) is 0 Å². The van der Waals surface area contributed by atoms with Crippen molar-refractivity contribution >= 4 is 46.8 Å². The molecule has 3 aliphatic heterocycles. The number of ether oxygens (including phenoxy) is 5. The number of rotatable bonds is 10. The molecule has 2 saturated heterocycles. The highest BCUT2D eigenvalue weighted by Crippen LogP contribution is 2.48. The van der Waals surface area contributed by atoms with Crippen molar-refractivity contribution in [2.75, 3.05) is 45.3 Å². The van der Waals surface area contributed by atoms with E-state index in [2.05, 4.69) is 10.6 Å². The van der Waals surface area contributed by atoms with Crippen LogP contribution in [0.25, 0.3) is 39.2 Å². The molecule has 5 aromatic carbocycles. The van der Waals surface area contributed by atoms with Crippen LogP contribution in [0.15, 0.2) is 103 Å². The maximum absolute atomic E-state index is 14.4. The fourth-order valence-electron chi connectivity index (χ4n) is 9.80. The molecule has 0 radical (unpaired) electrons. The second kappa shape index (κ2) is 19.0. The first kappa shape index (κ1) is 47.2. The van der Waals surface area contributed by atoms with E-state index in [9.17, 15) is 29.7 Å². The third-order valence-electron chi connectivity index (χ3n) is 13.3. The van der Waals surface area contributed by atoms with Gasteiger partial charge in [-0.05, 0) is 78.1 Å². The number of amides is 3. The van der Waals surface area contributed by atoms with E-state index in [0.717, 1.165) is 22.3 Å². The zero-order valence-electron chi connectivity index (χ0n) is 38.2. The van der Waals surface area contributed by atoms with Crippen LogP contribution in [0, 0.1) is 0 Å². The predicted octanol–water partition coefficient (Wildman–Crippen LogP) is 6.99. The molecule has 16 nitrogen and oxygen atoms in total. The Kier molecular flexibility index (Phi) is 12.8. The molecule has 0 unspecified atom stereocenters. The van der Waals surface area contributed by atoms with E-state index in [4.69, 9.17) is 52.0 Å². The third kappa shape index (κ3) is 8.74. The van der Waals surface area contributed by atoms with E-state index in [0.29, 0.717) is 80.6 Å². The molecular weight excluding hydrogens is 942 g/mol. The van der Waals surface area contributed by atoms with Gasteiger partial charge in [-0.3, -0.25) is 9.59 Å². The van der Waals surface area contributed by atoms with Crippen molar-refractivity contribution < 1.29 is 53.4 Å². The number of nitrogens with one attached hydrogen (secondary N) is 2. The second-order valence-electron chi connectivity index (χ2n) is 18.2. The summed E-state index contributed by atoms with van der Waals surface area (Å²) in [5.41, 5.74) is 7.53. The van der Waals surface area contributed by atoms with Crippen molar-refractivity contribution in [2.45, 2.75) is 62.4 Å². The first-order valence-electron chi connectivity index (χ1n) is 22.7. The number of morpholine rings is 1. The fourth-order valence-corrected chi connectivity index (χ4v) is 10.3. The molecule has 0 spiro atoms. The molecule has 10 rings (SSSR count). The predicted molar refractivity (Wildman–Crippen MR) is 260 cm³/mol. The van der Waals surface area contributed by atoms with Crippen LogP contribution in [0.4, 0.5) is 10.5 Å². The van der Waals surface area contributed by atoms with Crippen LogP contribution >= 0.6 is 23.2 Å². The van der Waals surface area contributed by atoms with Crippen molar-refractivity contribution in [3.05, 3.63) is 136 Å². The SMILES string of the molecule is COc1cc2c(cc1-c1cccc(NC(=O)[C@H]3O[C@@H](CNC(=O)OCC4c5ccccc5-c5ccccc54)[C@H](O)[C@@H](O)[C@H]3O)c1)-c1c(c(C(=O)N3CCOCC3(C)C)nn1-c1cc(Cl)cc(Cl)c1)CO2. The summed E-state index contributed by atoms with van der Waals surface area (Å²) < 4.78 is 31.1. The average molecular weight is 991 g/mol. The molecule has 0 bridgehead atoms. The Hall–Kier alpha value is -6.50. The minimum Gasteiger partial charge on any atom is -0.496 e. The number of fused-ring (bicyclic) bond motifs is 6. The lowest BCUT2D eigenvalue weighted by molar-refractivity contribution is -0.216. The quantitative estimate of drug-likeness (QED) is 0.0943.